The third kappa shape index (κ3) is 5.80. The number of rotatable bonds is 8. The SMILES string of the molecule is CC1CN(c2ccc(C(=O)NC(CC(=O)O)c3cccs3)cc2[N+](=O)[O-])C(C)CN1C(=O)c1ccc2c(c1)OCO2. The van der Waals surface area contributed by atoms with Crippen molar-refractivity contribution in [3.05, 3.63) is 80.0 Å². The number of carbonyl (C=O) groups is 3. The molecule has 0 radical (unpaired) electrons. The van der Waals surface area contributed by atoms with Crippen molar-refractivity contribution in [2.45, 2.75) is 38.4 Å². The fourth-order valence-corrected chi connectivity index (χ4v) is 5.90. The number of fused-ring (bicyclic) bond motifs is 1. The lowest BCUT2D eigenvalue weighted by Crippen LogP contribution is -2.58. The monoisotopic (exact) mass is 580 g/mol. The van der Waals surface area contributed by atoms with Crippen molar-refractivity contribution in [2.75, 3.05) is 24.8 Å². The lowest BCUT2D eigenvalue weighted by Gasteiger charge is -2.45. The van der Waals surface area contributed by atoms with Gasteiger partial charge in [-0.1, -0.05) is 6.07 Å². The Hall–Kier alpha value is -4.65. The van der Waals surface area contributed by atoms with Gasteiger partial charge in [0.15, 0.2) is 11.5 Å². The maximum Gasteiger partial charge on any atom is 0.305 e. The zero-order valence-corrected chi connectivity index (χ0v) is 23.1. The fourth-order valence-electron chi connectivity index (χ4n) is 5.12. The molecule has 13 heteroatoms. The van der Waals surface area contributed by atoms with Gasteiger partial charge in [0, 0.05) is 47.2 Å². The second-order valence-corrected chi connectivity index (χ2v) is 11.0. The van der Waals surface area contributed by atoms with Gasteiger partial charge in [-0.05, 0) is 55.6 Å². The van der Waals surface area contributed by atoms with Crippen LogP contribution >= 0.6 is 11.3 Å². The van der Waals surface area contributed by atoms with Crippen LogP contribution in [0.25, 0.3) is 0 Å². The number of nitrogens with one attached hydrogen (secondary N) is 1. The van der Waals surface area contributed by atoms with Crippen LogP contribution in [-0.4, -0.2) is 64.7 Å². The first kappa shape index (κ1) is 27.9. The number of hydrogen-bond donors (Lipinski definition) is 2. The minimum absolute atomic E-state index is 0.0460. The lowest BCUT2D eigenvalue weighted by atomic mass is 10.0. The maximum absolute atomic E-state index is 13.4. The predicted octanol–water partition coefficient (Wildman–Crippen LogP) is 4.07. The van der Waals surface area contributed by atoms with Crippen molar-refractivity contribution in [2.24, 2.45) is 0 Å². The number of hydrogen-bond acceptors (Lipinski definition) is 9. The average molecular weight is 581 g/mol. The van der Waals surface area contributed by atoms with Crippen molar-refractivity contribution in [1.29, 1.82) is 0 Å². The molecular weight excluding hydrogens is 552 g/mol. The molecule has 5 rings (SSSR count). The first-order valence-corrected chi connectivity index (χ1v) is 13.8. The Morgan fingerprint density at radius 3 is 2.54 bits per heavy atom. The van der Waals surface area contributed by atoms with E-state index in [-0.39, 0.29) is 42.5 Å². The van der Waals surface area contributed by atoms with Crippen molar-refractivity contribution in [3.8, 4) is 11.5 Å². The topological polar surface area (TPSA) is 152 Å². The van der Waals surface area contributed by atoms with E-state index in [2.05, 4.69) is 5.32 Å². The van der Waals surface area contributed by atoms with Crippen molar-refractivity contribution >= 4 is 40.5 Å². The summed E-state index contributed by atoms with van der Waals surface area (Å²) >= 11 is 1.31. The molecule has 3 unspecified atom stereocenters. The largest absolute Gasteiger partial charge is 0.481 e. The zero-order valence-electron chi connectivity index (χ0n) is 22.3. The highest BCUT2D eigenvalue weighted by molar-refractivity contribution is 7.10. The van der Waals surface area contributed by atoms with E-state index in [0.29, 0.717) is 40.7 Å². The minimum Gasteiger partial charge on any atom is -0.481 e. The summed E-state index contributed by atoms with van der Waals surface area (Å²) in [4.78, 5) is 53.6. The van der Waals surface area contributed by atoms with Crippen LogP contribution < -0.4 is 19.7 Å². The van der Waals surface area contributed by atoms with E-state index in [1.54, 1.807) is 40.6 Å². The van der Waals surface area contributed by atoms with E-state index in [4.69, 9.17) is 9.47 Å². The second-order valence-electron chi connectivity index (χ2n) is 9.98. The molecule has 12 nitrogen and oxygen atoms in total. The van der Waals surface area contributed by atoms with Crippen LogP contribution in [0.15, 0.2) is 53.9 Å². The molecule has 0 bridgehead atoms. The molecule has 3 heterocycles. The van der Waals surface area contributed by atoms with Gasteiger partial charge in [-0.2, -0.15) is 0 Å². The molecule has 1 saturated heterocycles. The number of carbonyl (C=O) groups excluding carboxylic acids is 2. The number of nitrogens with zero attached hydrogens (tertiary/aromatic N) is 3. The van der Waals surface area contributed by atoms with E-state index >= 15 is 0 Å². The third-order valence-corrected chi connectivity index (χ3v) is 8.17. The molecule has 0 aliphatic carbocycles. The maximum atomic E-state index is 13.4. The van der Waals surface area contributed by atoms with E-state index < -0.39 is 22.8 Å². The molecule has 1 aromatic heterocycles. The molecule has 0 saturated carbocycles. The Morgan fingerprint density at radius 1 is 1.07 bits per heavy atom. The van der Waals surface area contributed by atoms with Crippen LogP contribution in [0, 0.1) is 10.1 Å². The van der Waals surface area contributed by atoms with Gasteiger partial charge in [0.1, 0.15) is 5.69 Å². The smallest absolute Gasteiger partial charge is 0.305 e. The van der Waals surface area contributed by atoms with Gasteiger partial charge < -0.3 is 29.7 Å². The molecule has 0 spiro atoms. The van der Waals surface area contributed by atoms with Gasteiger partial charge in [0.25, 0.3) is 17.5 Å². The number of thiophene rings is 1. The lowest BCUT2D eigenvalue weighted by molar-refractivity contribution is -0.384. The number of nitro benzene ring substituents is 1. The Bertz CT molecular complexity index is 1490. The highest BCUT2D eigenvalue weighted by Crippen LogP contribution is 2.36. The molecule has 2 amide bonds. The molecule has 2 aromatic carbocycles. The summed E-state index contributed by atoms with van der Waals surface area (Å²) < 4.78 is 10.7. The number of ether oxygens (including phenoxy) is 2. The summed E-state index contributed by atoms with van der Waals surface area (Å²) in [7, 11) is 0. The predicted molar refractivity (Wildman–Crippen MR) is 150 cm³/mol. The highest BCUT2D eigenvalue weighted by Gasteiger charge is 2.36. The first-order chi connectivity index (χ1) is 19.6. The Balaban J connectivity index is 1.34. The Morgan fingerprint density at radius 2 is 1.83 bits per heavy atom. The van der Waals surface area contributed by atoms with Crippen molar-refractivity contribution in [3.63, 3.8) is 0 Å². The quantitative estimate of drug-likeness (QED) is 0.297. The summed E-state index contributed by atoms with van der Waals surface area (Å²) in [5.74, 6) is -0.768. The van der Waals surface area contributed by atoms with Gasteiger partial charge in [-0.15, -0.1) is 11.3 Å². The van der Waals surface area contributed by atoms with Gasteiger partial charge >= 0.3 is 5.97 Å². The average Bonchev–Trinajstić information content (AvgIpc) is 3.65. The molecule has 2 N–H and O–H groups in total. The number of anilines is 1. The molecule has 3 aromatic rings. The Kier molecular flexibility index (Phi) is 7.79. The van der Waals surface area contributed by atoms with Crippen molar-refractivity contribution in [1.82, 2.24) is 10.2 Å². The number of benzene rings is 2. The zero-order chi connectivity index (χ0) is 29.3. The van der Waals surface area contributed by atoms with Gasteiger partial charge in [-0.25, -0.2) is 0 Å². The van der Waals surface area contributed by atoms with Crippen LogP contribution in [0.1, 0.15) is 51.9 Å². The molecule has 2 aliphatic heterocycles. The summed E-state index contributed by atoms with van der Waals surface area (Å²) in [5, 5.41) is 25.9. The Labute approximate surface area is 239 Å². The molecule has 1 fully saturated rings. The number of carboxylic acid groups (broad SMARTS) is 1. The molecule has 3 atom stereocenters. The normalized spacial score (nSPS) is 18.6. The number of amides is 2. The van der Waals surface area contributed by atoms with E-state index in [0.717, 1.165) is 0 Å². The number of piperazine rings is 1. The van der Waals surface area contributed by atoms with Crippen LogP contribution in [0.2, 0.25) is 0 Å². The van der Waals surface area contributed by atoms with E-state index in [1.807, 2.05) is 18.7 Å². The molecule has 2 aliphatic rings. The van der Waals surface area contributed by atoms with E-state index in [9.17, 15) is 29.6 Å². The summed E-state index contributed by atoms with van der Waals surface area (Å²) in [5.41, 5.74) is 0.594. The molecule has 41 heavy (non-hydrogen) atoms. The second kappa shape index (κ2) is 11.5. The third-order valence-electron chi connectivity index (χ3n) is 7.18. The highest BCUT2D eigenvalue weighted by atomic mass is 32.1. The van der Waals surface area contributed by atoms with Crippen LogP contribution in [0.4, 0.5) is 11.4 Å². The minimum atomic E-state index is -1.08. The van der Waals surface area contributed by atoms with Gasteiger partial charge in [-0.3, -0.25) is 24.5 Å². The van der Waals surface area contributed by atoms with E-state index in [1.165, 1.54) is 29.5 Å². The molecular formula is C28H28N4O8S. The summed E-state index contributed by atoms with van der Waals surface area (Å²) in [6, 6.07) is 11.5. The van der Waals surface area contributed by atoms with Crippen LogP contribution in [0.3, 0.4) is 0 Å². The summed E-state index contributed by atoms with van der Waals surface area (Å²) in [6.07, 6.45) is -0.322. The summed E-state index contributed by atoms with van der Waals surface area (Å²) in [6.45, 7) is 4.53. The van der Waals surface area contributed by atoms with Crippen LogP contribution in [-0.2, 0) is 4.79 Å². The number of nitro groups is 1. The number of aliphatic carboxylic acids is 1. The van der Waals surface area contributed by atoms with Gasteiger partial charge in [0.05, 0.1) is 17.4 Å². The van der Waals surface area contributed by atoms with Gasteiger partial charge in [0.2, 0.25) is 6.79 Å². The standard InChI is InChI=1S/C28H28N4O8S/c1-16-14-31(28(36)19-6-8-23-24(11-19)40-15-39-23)17(2)13-30(16)21-7-5-18(10-22(21)32(37)38)27(35)29-20(12-26(33)34)25-4-3-9-41-25/h3-11,16-17,20H,12-15H2,1-2H3,(H,29,35)(H,33,34). The van der Waals surface area contributed by atoms with Crippen molar-refractivity contribution < 1.29 is 33.9 Å². The van der Waals surface area contributed by atoms with Crippen LogP contribution in [0.5, 0.6) is 11.5 Å². The number of carboxylic acids is 1. The molecule has 214 valence electrons. The fraction of sp³-hybridized carbons (Fsp3) is 0.321. The first-order valence-electron chi connectivity index (χ1n) is 12.9.